The third kappa shape index (κ3) is 4.98. The van der Waals surface area contributed by atoms with Gasteiger partial charge in [0, 0.05) is 44.3 Å². The second-order valence-corrected chi connectivity index (χ2v) is 13.0. The van der Waals surface area contributed by atoms with Crippen molar-refractivity contribution in [3.63, 3.8) is 0 Å². The Kier molecular flexibility index (Phi) is 6.81. The maximum atomic E-state index is 6.20. The molecular weight excluding hydrogens is 621 g/mol. The SMILES string of the molecule is c1ccc(N(c2ccc(-c3cccc(-c4ccc5c(c4)oc4ccccc45)c3)cc2)c2cccc(-n3c4ccccc4c4ccccc43)c2)cc1. The van der Waals surface area contributed by atoms with Gasteiger partial charge in [0.15, 0.2) is 0 Å². The van der Waals surface area contributed by atoms with E-state index in [0.29, 0.717) is 0 Å². The van der Waals surface area contributed by atoms with E-state index in [1.165, 1.54) is 27.4 Å². The molecule has 10 aromatic rings. The van der Waals surface area contributed by atoms with Gasteiger partial charge in [0.25, 0.3) is 0 Å². The normalized spacial score (nSPS) is 11.5. The minimum Gasteiger partial charge on any atom is -0.456 e. The summed E-state index contributed by atoms with van der Waals surface area (Å²) in [5, 5.41) is 4.81. The van der Waals surface area contributed by atoms with Gasteiger partial charge in [-0.3, -0.25) is 0 Å². The molecular formula is C48H32N2O. The average Bonchev–Trinajstić information content (AvgIpc) is 3.74. The third-order valence-electron chi connectivity index (χ3n) is 9.97. The first kappa shape index (κ1) is 29.1. The summed E-state index contributed by atoms with van der Waals surface area (Å²) in [4.78, 5) is 2.33. The minimum absolute atomic E-state index is 0.909. The number of aromatic nitrogens is 1. The minimum atomic E-state index is 0.909. The lowest BCUT2D eigenvalue weighted by atomic mass is 9.98. The van der Waals surface area contributed by atoms with Crippen molar-refractivity contribution in [3.05, 3.63) is 194 Å². The number of nitrogens with zero attached hydrogens (tertiary/aromatic N) is 2. The fourth-order valence-electron chi connectivity index (χ4n) is 7.58. The van der Waals surface area contributed by atoms with Crippen molar-refractivity contribution in [2.75, 3.05) is 4.90 Å². The predicted molar refractivity (Wildman–Crippen MR) is 214 cm³/mol. The maximum absolute atomic E-state index is 6.20. The Morgan fingerprint density at radius 2 is 0.882 bits per heavy atom. The summed E-state index contributed by atoms with van der Waals surface area (Å²) in [5.74, 6) is 0. The van der Waals surface area contributed by atoms with Crippen molar-refractivity contribution >= 4 is 60.8 Å². The van der Waals surface area contributed by atoms with E-state index in [1.807, 2.05) is 12.1 Å². The molecule has 0 amide bonds. The van der Waals surface area contributed by atoms with Gasteiger partial charge < -0.3 is 13.9 Å². The summed E-state index contributed by atoms with van der Waals surface area (Å²) in [7, 11) is 0. The Labute approximate surface area is 295 Å². The fourth-order valence-corrected chi connectivity index (χ4v) is 7.58. The number of furan rings is 1. The van der Waals surface area contributed by atoms with Crippen LogP contribution in [0.3, 0.4) is 0 Å². The van der Waals surface area contributed by atoms with Crippen LogP contribution in [0.5, 0.6) is 0 Å². The molecule has 0 bridgehead atoms. The molecule has 2 heterocycles. The number of anilines is 3. The smallest absolute Gasteiger partial charge is 0.136 e. The van der Waals surface area contributed by atoms with Gasteiger partial charge in [0.1, 0.15) is 11.2 Å². The zero-order valence-corrected chi connectivity index (χ0v) is 27.8. The maximum Gasteiger partial charge on any atom is 0.136 e. The Morgan fingerprint density at radius 1 is 0.333 bits per heavy atom. The summed E-state index contributed by atoms with van der Waals surface area (Å²) in [6, 6.07) is 69.2. The van der Waals surface area contributed by atoms with Crippen molar-refractivity contribution in [1.82, 2.24) is 4.57 Å². The van der Waals surface area contributed by atoms with E-state index in [-0.39, 0.29) is 0 Å². The Hall–Kier alpha value is -6.84. The number of fused-ring (bicyclic) bond motifs is 6. The molecule has 0 N–H and O–H groups in total. The molecule has 0 aliphatic carbocycles. The first-order valence-electron chi connectivity index (χ1n) is 17.3. The topological polar surface area (TPSA) is 21.3 Å². The van der Waals surface area contributed by atoms with Crippen molar-refractivity contribution in [2.45, 2.75) is 0 Å². The summed E-state index contributed by atoms with van der Waals surface area (Å²) in [6.07, 6.45) is 0. The van der Waals surface area contributed by atoms with Crippen LogP contribution in [-0.4, -0.2) is 4.57 Å². The highest BCUT2D eigenvalue weighted by Crippen LogP contribution is 2.39. The van der Waals surface area contributed by atoms with Crippen LogP contribution < -0.4 is 4.90 Å². The number of rotatable bonds is 6. The van der Waals surface area contributed by atoms with E-state index in [2.05, 4.69) is 191 Å². The van der Waals surface area contributed by atoms with Gasteiger partial charge in [-0.05, 0) is 101 Å². The molecule has 0 aliphatic heterocycles. The van der Waals surface area contributed by atoms with Crippen molar-refractivity contribution in [3.8, 4) is 27.9 Å². The van der Waals surface area contributed by atoms with Crippen LogP contribution in [0.4, 0.5) is 17.1 Å². The van der Waals surface area contributed by atoms with Crippen LogP contribution in [0.15, 0.2) is 199 Å². The molecule has 0 aliphatic rings. The average molecular weight is 653 g/mol. The standard InChI is InChI=1S/C48H32N2O/c1-2-14-37(15-3-1)49(39-16-11-17-40(32-39)50-45-21-7-4-18-41(45)42-19-5-8-22-46(42)50)38-27-24-33(25-28-38)34-12-10-13-35(30-34)36-26-29-44-43-20-6-9-23-47(43)51-48(44)31-36/h1-32H. The Bertz CT molecular complexity index is 2810. The molecule has 51 heavy (non-hydrogen) atoms. The predicted octanol–water partition coefficient (Wildman–Crippen LogP) is 13.5. The zero-order chi connectivity index (χ0) is 33.7. The van der Waals surface area contributed by atoms with E-state index < -0.39 is 0 Å². The lowest BCUT2D eigenvalue weighted by Crippen LogP contribution is -2.10. The van der Waals surface area contributed by atoms with Gasteiger partial charge in [-0.2, -0.15) is 0 Å². The summed E-state index contributed by atoms with van der Waals surface area (Å²) >= 11 is 0. The Balaban J connectivity index is 1.02. The lowest BCUT2D eigenvalue weighted by molar-refractivity contribution is 0.669. The van der Waals surface area contributed by atoms with Gasteiger partial charge in [0.05, 0.1) is 11.0 Å². The molecule has 10 rings (SSSR count). The first-order valence-corrected chi connectivity index (χ1v) is 17.3. The molecule has 0 saturated carbocycles. The lowest BCUT2D eigenvalue weighted by Gasteiger charge is -2.26. The van der Waals surface area contributed by atoms with Gasteiger partial charge in [-0.25, -0.2) is 0 Å². The van der Waals surface area contributed by atoms with Crippen LogP contribution in [-0.2, 0) is 0 Å². The quantitative estimate of drug-likeness (QED) is 0.178. The second kappa shape index (κ2) is 11.9. The molecule has 0 spiro atoms. The van der Waals surface area contributed by atoms with E-state index in [9.17, 15) is 0 Å². The van der Waals surface area contributed by atoms with Crippen LogP contribution >= 0.6 is 0 Å². The molecule has 3 heteroatoms. The molecule has 3 nitrogen and oxygen atoms in total. The third-order valence-corrected chi connectivity index (χ3v) is 9.97. The summed E-state index contributed by atoms with van der Waals surface area (Å²) in [6.45, 7) is 0. The van der Waals surface area contributed by atoms with Gasteiger partial charge >= 0.3 is 0 Å². The van der Waals surface area contributed by atoms with Crippen molar-refractivity contribution < 1.29 is 4.42 Å². The van der Waals surface area contributed by atoms with E-state index in [4.69, 9.17) is 4.42 Å². The van der Waals surface area contributed by atoms with Gasteiger partial charge in [-0.1, -0.05) is 115 Å². The summed E-state index contributed by atoms with van der Waals surface area (Å²) in [5.41, 5.74) is 13.3. The van der Waals surface area contributed by atoms with Crippen LogP contribution in [0, 0.1) is 0 Å². The van der Waals surface area contributed by atoms with Crippen LogP contribution in [0.2, 0.25) is 0 Å². The molecule has 2 aromatic heterocycles. The summed E-state index contributed by atoms with van der Waals surface area (Å²) < 4.78 is 8.57. The number of para-hydroxylation sites is 4. The molecule has 0 unspecified atom stereocenters. The second-order valence-electron chi connectivity index (χ2n) is 13.0. The van der Waals surface area contributed by atoms with E-state index in [0.717, 1.165) is 61.4 Å². The van der Waals surface area contributed by atoms with Gasteiger partial charge in [0.2, 0.25) is 0 Å². The largest absolute Gasteiger partial charge is 0.456 e. The highest BCUT2D eigenvalue weighted by atomic mass is 16.3. The highest BCUT2D eigenvalue weighted by Gasteiger charge is 2.16. The molecule has 240 valence electrons. The zero-order valence-electron chi connectivity index (χ0n) is 27.8. The monoisotopic (exact) mass is 652 g/mol. The first-order chi connectivity index (χ1) is 25.3. The Morgan fingerprint density at radius 3 is 1.65 bits per heavy atom. The number of benzene rings is 8. The van der Waals surface area contributed by atoms with Crippen LogP contribution in [0.25, 0.3) is 71.7 Å². The highest BCUT2D eigenvalue weighted by molar-refractivity contribution is 6.09. The van der Waals surface area contributed by atoms with Crippen molar-refractivity contribution in [1.29, 1.82) is 0 Å². The van der Waals surface area contributed by atoms with Crippen LogP contribution in [0.1, 0.15) is 0 Å². The fraction of sp³-hybridized carbons (Fsp3) is 0. The van der Waals surface area contributed by atoms with Gasteiger partial charge in [-0.15, -0.1) is 0 Å². The van der Waals surface area contributed by atoms with E-state index >= 15 is 0 Å². The number of hydrogen-bond acceptors (Lipinski definition) is 2. The molecule has 0 fully saturated rings. The molecule has 0 radical (unpaired) electrons. The number of hydrogen-bond donors (Lipinski definition) is 0. The molecule has 8 aromatic carbocycles. The van der Waals surface area contributed by atoms with Crippen molar-refractivity contribution in [2.24, 2.45) is 0 Å². The molecule has 0 saturated heterocycles. The van der Waals surface area contributed by atoms with E-state index in [1.54, 1.807) is 0 Å². The molecule has 0 atom stereocenters.